The second-order valence-corrected chi connectivity index (χ2v) is 8.20. The number of fused-ring (bicyclic) bond motifs is 1. The quantitative estimate of drug-likeness (QED) is 0.393. The Morgan fingerprint density at radius 2 is 1.81 bits per heavy atom. The highest BCUT2D eigenvalue weighted by Crippen LogP contribution is 2.27. The number of benzene rings is 2. The molecule has 5 aromatic rings. The monoisotopic (exact) mass is 430 g/mol. The summed E-state index contributed by atoms with van der Waals surface area (Å²) in [6.07, 6.45) is 1.84. The van der Waals surface area contributed by atoms with E-state index in [1.165, 1.54) is 12.1 Å². The zero-order valence-electron chi connectivity index (χ0n) is 16.5. The Bertz CT molecular complexity index is 1350. The van der Waals surface area contributed by atoms with Crippen molar-refractivity contribution in [2.24, 2.45) is 0 Å². The van der Waals surface area contributed by atoms with Gasteiger partial charge in [-0.1, -0.05) is 42.5 Å². The highest BCUT2D eigenvalue weighted by Gasteiger charge is 2.18. The molecule has 0 atom stereocenters. The number of aromatic nitrogens is 3. The molecule has 0 spiro atoms. The summed E-state index contributed by atoms with van der Waals surface area (Å²) in [4.78, 5) is 13.1. The van der Waals surface area contributed by atoms with E-state index in [1.54, 1.807) is 28.2 Å². The van der Waals surface area contributed by atoms with Gasteiger partial charge in [0.05, 0.1) is 16.8 Å². The van der Waals surface area contributed by atoms with E-state index >= 15 is 0 Å². The normalized spacial score (nSPS) is 11.1. The molecule has 3 aromatic heterocycles. The van der Waals surface area contributed by atoms with E-state index in [-0.39, 0.29) is 11.7 Å². The van der Waals surface area contributed by atoms with E-state index in [1.807, 2.05) is 64.7 Å². The van der Waals surface area contributed by atoms with Crippen LogP contribution in [0.1, 0.15) is 21.6 Å². The summed E-state index contributed by atoms with van der Waals surface area (Å²) in [6.45, 7) is 1.03. The first-order valence-electron chi connectivity index (χ1n) is 9.85. The zero-order chi connectivity index (χ0) is 21.2. The van der Waals surface area contributed by atoms with Crippen LogP contribution in [0.15, 0.2) is 84.4 Å². The van der Waals surface area contributed by atoms with Crippen molar-refractivity contribution >= 4 is 33.3 Å². The second-order valence-electron chi connectivity index (χ2n) is 7.25. The minimum atomic E-state index is -0.291. The molecule has 1 N–H and O–H groups in total. The average Bonchev–Trinajstić information content (AvgIpc) is 3.47. The van der Waals surface area contributed by atoms with Crippen LogP contribution in [0.5, 0.6) is 0 Å². The van der Waals surface area contributed by atoms with Gasteiger partial charge < -0.3 is 9.88 Å². The lowest BCUT2D eigenvalue weighted by Gasteiger charge is -2.10. The average molecular weight is 431 g/mol. The molecule has 5 nitrogen and oxygen atoms in total. The topological polar surface area (TPSA) is 51.9 Å². The summed E-state index contributed by atoms with van der Waals surface area (Å²) < 4.78 is 18.4. The number of hydrogen-bond acceptors (Lipinski definition) is 3. The minimum Gasteiger partial charge on any atom is -0.331 e. The van der Waals surface area contributed by atoms with E-state index in [0.717, 1.165) is 21.3 Å². The van der Waals surface area contributed by atoms with Crippen molar-refractivity contribution in [2.75, 3.05) is 5.32 Å². The fraction of sp³-hybridized carbons (Fsp3) is 0.0833. The highest BCUT2D eigenvalue weighted by atomic mass is 32.1. The molecular weight excluding hydrogens is 411 g/mol. The summed E-state index contributed by atoms with van der Waals surface area (Å²) in [5.74, 6) is -0.0475. The summed E-state index contributed by atoms with van der Waals surface area (Å²) in [6, 6.07) is 22.1. The molecule has 0 fully saturated rings. The number of halogens is 1. The van der Waals surface area contributed by atoms with Gasteiger partial charge in [-0.3, -0.25) is 9.48 Å². The number of nitrogens with zero attached hydrogens (tertiary/aromatic N) is 3. The van der Waals surface area contributed by atoms with Gasteiger partial charge >= 0.3 is 0 Å². The van der Waals surface area contributed by atoms with Crippen molar-refractivity contribution in [3.8, 4) is 0 Å². The van der Waals surface area contributed by atoms with Crippen LogP contribution in [0.2, 0.25) is 0 Å². The minimum absolute atomic E-state index is 0.246. The van der Waals surface area contributed by atoms with E-state index < -0.39 is 0 Å². The van der Waals surface area contributed by atoms with Crippen LogP contribution in [0.4, 0.5) is 10.2 Å². The molecule has 0 aliphatic carbocycles. The van der Waals surface area contributed by atoms with Gasteiger partial charge in [-0.2, -0.15) is 5.10 Å². The Morgan fingerprint density at radius 3 is 2.65 bits per heavy atom. The molecule has 154 valence electrons. The maximum Gasteiger partial charge on any atom is 0.273 e. The maximum atomic E-state index is 13.7. The van der Waals surface area contributed by atoms with E-state index in [0.29, 0.717) is 24.6 Å². The van der Waals surface area contributed by atoms with Gasteiger partial charge in [-0.25, -0.2) is 4.39 Å². The molecule has 1 amide bonds. The molecular formula is C24H19FN4OS. The maximum absolute atomic E-state index is 13.7. The van der Waals surface area contributed by atoms with Gasteiger partial charge in [0, 0.05) is 18.8 Å². The van der Waals surface area contributed by atoms with Crippen LogP contribution in [0.25, 0.3) is 10.2 Å². The smallest absolute Gasteiger partial charge is 0.273 e. The van der Waals surface area contributed by atoms with Crippen LogP contribution in [-0.2, 0) is 13.1 Å². The zero-order valence-corrected chi connectivity index (χ0v) is 17.3. The molecule has 7 heteroatoms. The predicted molar refractivity (Wildman–Crippen MR) is 121 cm³/mol. The Balaban J connectivity index is 1.38. The molecule has 0 saturated carbocycles. The Hall–Kier alpha value is -3.71. The third-order valence-corrected chi connectivity index (χ3v) is 5.91. The fourth-order valence-corrected chi connectivity index (χ4v) is 4.44. The first-order valence-corrected chi connectivity index (χ1v) is 10.7. The summed E-state index contributed by atoms with van der Waals surface area (Å²) in [5.41, 5.74) is 3.40. The van der Waals surface area contributed by atoms with Gasteiger partial charge in [0.2, 0.25) is 0 Å². The molecule has 31 heavy (non-hydrogen) atoms. The van der Waals surface area contributed by atoms with Gasteiger partial charge in [-0.15, -0.1) is 11.3 Å². The number of thiophene rings is 1. The van der Waals surface area contributed by atoms with Crippen molar-refractivity contribution in [3.05, 3.63) is 107 Å². The molecule has 3 heterocycles. The molecule has 0 saturated heterocycles. The molecule has 0 bridgehead atoms. The molecule has 0 aliphatic heterocycles. The number of hydrogen-bond donors (Lipinski definition) is 1. The van der Waals surface area contributed by atoms with Crippen LogP contribution < -0.4 is 5.32 Å². The van der Waals surface area contributed by atoms with Gasteiger partial charge in [0.15, 0.2) is 5.82 Å². The number of carbonyl (C=O) groups excluding carboxylic acids is 1. The van der Waals surface area contributed by atoms with Crippen molar-refractivity contribution in [1.29, 1.82) is 0 Å². The van der Waals surface area contributed by atoms with Gasteiger partial charge in [0.25, 0.3) is 5.91 Å². The Morgan fingerprint density at radius 1 is 0.968 bits per heavy atom. The predicted octanol–water partition coefficient (Wildman–Crippen LogP) is 5.39. The highest BCUT2D eigenvalue weighted by molar-refractivity contribution is 7.17. The van der Waals surface area contributed by atoms with Crippen molar-refractivity contribution in [1.82, 2.24) is 14.3 Å². The summed E-state index contributed by atoms with van der Waals surface area (Å²) >= 11 is 1.57. The fourth-order valence-electron chi connectivity index (χ4n) is 3.62. The van der Waals surface area contributed by atoms with Crippen molar-refractivity contribution < 1.29 is 9.18 Å². The van der Waals surface area contributed by atoms with Crippen LogP contribution in [0.3, 0.4) is 0 Å². The molecule has 0 aliphatic rings. The molecule has 0 unspecified atom stereocenters. The lowest BCUT2D eigenvalue weighted by Crippen LogP contribution is -2.18. The number of carbonyl (C=O) groups is 1. The lowest BCUT2D eigenvalue weighted by molar-refractivity contribution is 0.101. The van der Waals surface area contributed by atoms with Crippen LogP contribution in [-0.4, -0.2) is 20.3 Å². The van der Waals surface area contributed by atoms with Gasteiger partial charge in [0.1, 0.15) is 11.5 Å². The van der Waals surface area contributed by atoms with Crippen molar-refractivity contribution in [2.45, 2.75) is 13.1 Å². The first kappa shape index (κ1) is 19.3. The van der Waals surface area contributed by atoms with Crippen LogP contribution >= 0.6 is 11.3 Å². The Kier molecular flexibility index (Phi) is 5.09. The number of nitrogens with one attached hydrogen (secondary N) is 1. The standard InChI is InChI=1S/C24H19FN4OS/c25-19-8-4-7-18(13-19)16-29-20-10-12-31-22(20)14-21(29)24(30)26-23-9-11-28(27-23)15-17-5-2-1-3-6-17/h1-14H,15-16H2,(H,26,27,30). The number of anilines is 1. The molecule has 5 rings (SSSR count). The summed E-state index contributed by atoms with van der Waals surface area (Å²) in [7, 11) is 0. The molecule has 2 aromatic carbocycles. The van der Waals surface area contributed by atoms with E-state index in [9.17, 15) is 9.18 Å². The van der Waals surface area contributed by atoms with Crippen LogP contribution in [0, 0.1) is 5.82 Å². The Labute approximate surface area is 182 Å². The second kappa shape index (κ2) is 8.20. The van der Waals surface area contributed by atoms with E-state index in [4.69, 9.17) is 0 Å². The van der Waals surface area contributed by atoms with Crippen molar-refractivity contribution in [3.63, 3.8) is 0 Å². The SMILES string of the molecule is O=C(Nc1ccn(Cc2ccccc2)n1)c1cc2sccc2n1Cc1cccc(F)c1. The van der Waals surface area contributed by atoms with Gasteiger partial charge in [-0.05, 0) is 40.8 Å². The third-order valence-electron chi connectivity index (χ3n) is 5.05. The number of amides is 1. The first-order chi connectivity index (χ1) is 15.2. The number of rotatable bonds is 6. The molecule has 0 radical (unpaired) electrons. The summed E-state index contributed by atoms with van der Waals surface area (Å²) in [5, 5.41) is 9.34. The lowest BCUT2D eigenvalue weighted by atomic mass is 10.2. The largest absolute Gasteiger partial charge is 0.331 e. The third kappa shape index (κ3) is 4.13. The van der Waals surface area contributed by atoms with E-state index in [2.05, 4.69) is 10.4 Å².